The highest BCUT2D eigenvalue weighted by molar-refractivity contribution is 7.97. The second-order valence-corrected chi connectivity index (χ2v) is 2.28. The molecule has 10 heavy (non-hydrogen) atoms. The van der Waals surface area contributed by atoms with E-state index in [9.17, 15) is 0 Å². The van der Waals surface area contributed by atoms with Crippen molar-refractivity contribution in [3.63, 3.8) is 0 Å². The summed E-state index contributed by atoms with van der Waals surface area (Å²) in [7, 11) is 0. The number of hydrogen-bond donors (Lipinski definition) is 1. The molecule has 0 fully saturated rings. The fourth-order valence-corrected chi connectivity index (χ4v) is 0.638. The van der Waals surface area contributed by atoms with Crippen molar-refractivity contribution in [3.8, 4) is 0 Å². The van der Waals surface area contributed by atoms with E-state index < -0.39 is 0 Å². The molecule has 0 saturated heterocycles. The standard InChI is InChI=1S/C6H13N3S/c1-3-4-5-8-6(7)9-10-2/h5H,3-4H2,1-2H3,(H2,7,9)/b8-5-. The van der Waals surface area contributed by atoms with Gasteiger partial charge in [0, 0.05) is 12.5 Å². The van der Waals surface area contributed by atoms with Gasteiger partial charge in [0.05, 0.1) is 0 Å². The van der Waals surface area contributed by atoms with E-state index in [1.54, 1.807) is 6.21 Å². The number of hydrogen-bond acceptors (Lipinski definition) is 2. The van der Waals surface area contributed by atoms with Crippen LogP contribution in [0.1, 0.15) is 19.8 Å². The Hall–Kier alpha value is -0.510. The number of unbranched alkanes of at least 4 members (excludes halogenated alkanes) is 1. The molecule has 2 N–H and O–H groups in total. The smallest absolute Gasteiger partial charge is 0.226 e. The van der Waals surface area contributed by atoms with Crippen molar-refractivity contribution in [2.24, 2.45) is 15.1 Å². The van der Waals surface area contributed by atoms with E-state index in [1.807, 2.05) is 6.26 Å². The SMILES string of the molecule is CCC/C=N\C(N)=N/SC. The summed E-state index contributed by atoms with van der Waals surface area (Å²) in [5.74, 6) is 0.348. The highest BCUT2D eigenvalue weighted by Crippen LogP contribution is 1.92. The van der Waals surface area contributed by atoms with Gasteiger partial charge in [-0.25, -0.2) is 4.99 Å². The summed E-state index contributed by atoms with van der Waals surface area (Å²) >= 11 is 1.32. The maximum atomic E-state index is 5.36. The molecule has 0 spiro atoms. The summed E-state index contributed by atoms with van der Waals surface area (Å²) in [4.78, 5) is 3.89. The molecule has 0 rings (SSSR count). The van der Waals surface area contributed by atoms with Crippen LogP contribution in [0.15, 0.2) is 9.39 Å². The van der Waals surface area contributed by atoms with Crippen molar-refractivity contribution < 1.29 is 0 Å². The molecule has 0 aromatic heterocycles. The second-order valence-electron chi connectivity index (χ2n) is 1.73. The van der Waals surface area contributed by atoms with Crippen molar-refractivity contribution in [2.75, 3.05) is 6.26 Å². The molecule has 0 amide bonds. The Labute approximate surface area is 66.0 Å². The molecule has 0 heterocycles. The van der Waals surface area contributed by atoms with E-state index in [-0.39, 0.29) is 0 Å². The van der Waals surface area contributed by atoms with E-state index in [2.05, 4.69) is 16.3 Å². The fourth-order valence-electron chi connectivity index (χ4n) is 0.404. The molecule has 58 valence electrons. The summed E-state index contributed by atoms with van der Waals surface area (Å²) < 4.78 is 3.81. The molecular weight excluding hydrogens is 146 g/mol. The van der Waals surface area contributed by atoms with Gasteiger partial charge in [0.1, 0.15) is 0 Å². The largest absolute Gasteiger partial charge is 0.367 e. The zero-order valence-corrected chi connectivity index (χ0v) is 7.19. The monoisotopic (exact) mass is 159 g/mol. The summed E-state index contributed by atoms with van der Waals surface area (Å²) in [5.41, 5.74) is 5.36. The average molecular weight is 159 g/mol. The van der Waals surface area contributed by atoms with Crippen molar-refractivity contribution in [3.05, 3.63) is 0 Å². The maximum Gasteiger partial charge on any atom is 0.226 e. The molecule has 0 saturated carbocycles. The van der Waals surface area contributed by atoms with Gasteiger partial charge in [-0.3, -0.25) is 0 Å². The maximum absolute atomic E-state index is 5.36. The average Bonchev–Trinajstić information content (AvgIpc) is 1.89. The van der Waals surface area contributed by atoms with Gasteiger partial charge in [-0.1, -0.05) is 13.3 Å². The molecule has 0 bridgehead atoms. The normalized spacial score (nSPS) is 12.8. The van der Waals surface area contributed by atoms with Crippen LogP contribution in [0.3, 0.4) is 0 Å². The molecule has 0 aliphatic carbocycles. The lowest BCUT2D eigenvalue weighted by atomic mass is 10.4. The predicted octanol–water partition coefficient (Wildman–Crippen LogP) is 1.45. The van der Waals surface area contributed by atoms with Crippen LogP contribution in [0.4, 0.5) is 0 Å². The van der Waals surface area contributed by atoms with Gasteiger partial charge >= 0.3 is 0 Å². The predicted molar refractivity (Wildman–Crippen MR) is 48.5 cm³/mol. The lowest BCUT2D eigenvalue weighted by molar-refractivity contribution is 1.01. The zero-order valence-electron chi connectivity index (χ0n) is 6.37. The molecule has 0 aliphatic rings. The Morgan fingerprint density at radius 1 is 1.70 bits per heavy atom. The van der Waals surface area contributed by atoms with Crippen molar-refractivity contribution in [2.45, 2.75) is 19.8 Å². The topological polar surface area (TPSA) is 50.7 Å². The molecule has 0 aromatic carbocycles. The molecule has 0 aromatic rings. The number of aliphatic imine (C=N–C) groups is 1. The van der Waals surface area contributed by atoms with Crippen LogP contribution in [0.2, 0.25) is 0 Å². The highest BCUT2D eigenvalue weighted by Gasteiger charge is 1.81. The van der Waals surface area contributed by atoms with E-state index >= 15 is 0 Å². The lowest BCUT2D eigenvalue weighted by Crippen LogP contribution is -2.06. The van der Waals surface area contributed by atoms with Crippen molar-refractivity contribution in [1.29, 1.82) is 0 Å². The van der Waals surface area contributed by atoms with Crippen LogP contribution in [-0.2, 0) is 0 Å². The lowest BCUT2D eigenvalue weighted by Gasteiger charge is -1.87. The Bertz CT molecular complexity index is 131. The van der Waals surface area contributed by atoms with Crippen molar-refractivity contribution in [1.82, 2.24) is 0 Å². The Morgan fingerprint density at radius 3 is 2.90 bits per heavy atom. The third kappa shape index (κ3) is 5.62. The van der Waals surface area contributed by atoms with E-state index in [0.717, 1.165) is 12.8 Å². The molecule has 0 atom stereocenters. The van der Waals surface area contributed by atoms with Crippen molar-refractivity contribution >= 4 is 24.1 Å². The molecule has 3 nitrogen and oxygen atoms in total. The summed E-state index contributed by atoms with van der Waals surface area (Å²) in [5, 5.41) is 0. The van der Waals surface area contributed by atoms with Gasteiger partial charge in [0.15, 0.2) is 0 Å². The molecule has 0 aliphatic heterocycles. The van der Waals surface area contributed by atoms with Gasteiger partial charge in [-0.2, -0.15) is 4.40 Å². The number of rotatable bonds is 3. The molecule has 0 radical (unpaired) electrons. The minimum absolute atomic E-state index is 0.348. The van der Waals surface area contributed by atoms with Gasteiger partial charge in [-0.15, -0.1) is 0 Å². The summed E-state index contributed by atoms with van der Waals surface area (Å²) in [6.07, 6.45) is 5.69. The van der Waals surface area contributed by atoms with Crippen LogP contribution in [0.5, 0.6) is 0 Å². The van der Waals surface area contributed by atoms with Gasteiger partial charge in [0.25, 0.3) is 0 Å². The van der Waals surface area contributed by atoms with E-state index in [1.165, 1.54) is 11.9 Å². The Morgan fingerprint density at radius 2 is 2.40 bits per heavy atom. The van der Waals surface area contributed by atoms with Crippen LogP contribution in [0, 0.1) is 0 Å². The fraction of sp³-hybridized carbons (Fsp3) is 0.667. The zero-order chi connectivity index (χ0) is 7.82. The van der Waals surface area contributed by atoms with Crippen LogP contribution in [0.25, 0.3) is 0 Å². The Kier molecular flexibility index (Phi) is 6.27. The number of nitrogens with two attached hydrogens (primary N) is 1. The third-order valence-electron chi connectivity index (χ3n) is 0.826. The third-order valence-corrected chi connectivity index (χ3v) is 1.20. The van der Waals surface area contributed by atoms with Crippen LogP contribution in [-0.4, -0.2) is 18.4 Å². The molecule has 0 unspecified atom stereocenters. The minimum Gasteiger partial charge on any atom is -0.367 e. The van der Waals surface area contributed by atoms with E-state index in [0.29, 0.717) is 5.96 Å². The minimum atomic E-state index is 0.348. The highest BCUT2D eigenvalue weighted by atomic mass is 32.2. The van der Waals surface area contributed by atoms with Gasteiger partial charge in [0.2, 0.25) is 5.96 Å². The van der Waals surface area contributed by atoms with Crippen LogP contribution >= 0.6 is 11.9 Å². The summed E-state index contributed by atoms with van der Waals surface area (Å²) in [6.45, 7) is 2.09. The Balaban J connectivity index is 3.55. The molecular formula is C6H13N3S. The first-order valence-corrected chi connectivity index (χ1v) is 4.38. The molecule has 4 heteroatoms. The van der Waals surface area contributed by atoms with Crippen LogP contribution < -0.4 is 5.73 Å². The van der Waals surface area contributed by atoms with Gasteiger partial charge < -0.3 is 5.73 Å². The van der Waals surface area contributed by atoms with E-state index in [4.69, 9.17) is 5.73 Å². The first-order valence-electron chi connectivity index (χ1n) is 3.20. The summed E-state index contributed by atoms with van der Waals surface area (Å²) in [6, 6.07) is 0. The first kappa shape index (κ1) is 9.49. The number of guanidine groups is 1. The second kappa shape index (κ2) is 6.61. The number of nitrogens with zero attached hydrogens (tertiary/aromatic N) is 2. The quantitative estimate of drug-likeness (QED) is 0.385. The first-order chi connectivity index (χ1) is 4.81. The van der Waals surface area contributed by atoms with Gasteiger partial charge in [-0.05, 0) is 18.4 Å².